The van der Waals surface area contributed by atoms with E-state index in [2.05, 4.69) is 19.2 Å². The fourth-order valence-corrected chi connectivity index (χ4v) is 1.69. The maximum atomic E-state index is 11.8. The average Bonchev–Trinajstić information content (AvgIpc) is 2.39. The molecule has 3 nitrogen and oxygen atoms in total. The Kier molecular flexibility index (Phi) is 6.26. The van der Waals surface area contributed by atoms with E-state index >= 15 is 0 Å². The molecule has 1 atom stereocenters. The van der Waals surface area contributed by atoms with Gasteiger partial charge in [-0.15, -0.1) is 0 Å². The number of ether oxygens (including phenoxy) is 1. The summed E-state index contributed by atoms with van der Waals surface area (Å²) in [6, 6.07) is 7.85. The minimum Gasteiger partial charge on any atom is -0.481 e. The van der Waals surface area contributed by atoms with Gasteiger partial charge in [-0.1, -0.05) is 38.5 Å². The van der Waals surface area contributed by atoms with Crippen LogP contribution in [-0.4, -0.2) is 18.6 Å². The first-order chi connectivity index (χ1) is 8.69. The van der Waals surface area contributed by atoms with Crippen LogP contribution in [0.15, 0.2) is 24.3 Å². The molecule has 1 rings (SSSR count). The van der Waals surface area contributed by atoms with Gasteiger partial charge >= 0.3 is 0 Å². The topological polar surface area (TPSA) is 38.3 Å². The second-order valence-electron chi connectivity index (χ2n) is 4.37. The number of hydrogen-bond donors (Lipinski definition) is 1. The van der Waals surface area contributed by atoms with Crippen LogP contribution < -0.4 is 10.1 Å². The van der Waals surface area contributed by atoms with Gasteiger partial charge in [-0.2, -0.15) is 0 Å². The summed E-state index contributed by atoms with van der Waals surface area (Å²) in [5.74, 6) is 0.757. The van der Waals surface area contributed by atoms with Gasteiger partial charge in [0, 0.05) is 6.54 Å². The molecule has 0 saturated heterocycles. The van der Waals surface area contributed by atoms with E-state index in [0.29, 0.717) is 0 Å². The van der Waals surface area contributed by atoms with E-state index in [-0.39, 0.29) is 5.91 Å². The molecule has 1 aromatic rings. The number of hydrogen-bond acceptors (Lipinski definition) is 2. The second kappa shape index (κ2) is 7.75. The van der Waals surface area contributed by atoms with E-state index in [4.69, 9.17) is 4.74 Å². The van der Waals surface area contributed by atoms with E-state index in [1.807, 2.05) is 24.3 Å². The van der Waals surface area contributed by atoms with Crippen LogP contribution in [0.2, 0.25) is 0 Å². The zero-order valence-electron chi connectivity index (χ0n) is 11.5. The molecule has 0 heterocycles. The smallest absolute Gasteiger partial charge is 0.260 e. The number of nitrogens with one attached hydrogen (secondary N) is 1. The van der Waals surface area contributed by atoms with Crippen LogP contribution in [0.3, 0.4) is 0 Å². The fourth-order valence-electron chi connectivity index (χ4n) is 1.69. The number of amides is 1. The first-order valence-corrected chi connectivity index (χ1v) is 6.71. The molecule has 0 aliphatic heterocycles. The van der Waals surface area contributed by atoms with Crippen molar-refractivity contribution in [1.82, 2.24) is 5.32 Å². The van der Waals surface area contributed by atoms with Gasteiger partial charge < -0.3 is 10.1 Å². The van der Waals surface area contributed by atoms with Gasteiger partial charge in [-0.05, 0) is 31.4 Å². The van der Waals surface area contributed by atoms with E-state index in [1.165, 1.54) is 0 Å². The van der Waals surface area contributed by atoms with E-state index < -0.39 is 6.10 Å². The lowest BCUT2D eigenvalue weighted by atomic mass is 10.1. The van der Waals surface area contributed by atoms with Crippen LogP contribution in [0.25, 0.3) is 0 Å². The highest BCUT2D eigenvalue weighted by molar-refractivity contribution is 5.80. The van der Waals surface area contributed by atoms with Crippen molar-refractivity contribution in [2.24, 2.45) is 0 Å². The molecule has 0 unspecified atom stereocenters. The summed E-state index contributed by atoms with van der Waals surface area (Å²) < 4.78 is 5.72. The Morgan fingerprint density at radius 2 is 2.06 bits per heavy atom. The van der Waals surface area contributed by atoms with E-state index in [9.17, 15) is 4.79 Å². The van der Waals surface area contributed by atoms with Gasteiger partial charge in [0.05, 0.1) is 0 Å². The monoisotopic (exact) mass is 249 g/mol. The Morgan fingerprint density at radius 3 is 2.72 bits per heavy atom. The standard InChI is InChI=1S/C15H23NO2/c1-4-6-11-16-15(17)12(3)18-14-10-8-7-9-13(14)5-2/h7-10,12H,4-6,11H2,1-3H3,(H,16,17)/t12-/m1/s1. The minimum atomic E-state index is -0.449. The Bertz CT molecular complexity index is 377. The van der Waals surface area contributed by atoms with Crippen LogP contribution in [0.4, 0.5) is 0 Å². The second-order valence-corrected chi connectivity index (χ2v) is 4.37. The lowest BCUT2D eigenvalue weighted by Crippen LogP contribution is -2.36. The molecule has 1 amide bonds. The van der Waals surface area contributed by atoms with Gasteiger partial charge in [-0.3, -0.25) is 4.79 Å². The highest BCUT2D eigenvalue weighted by atomic mass is 16.5. The fraction of sp³-hybridized carbons (Fsp3) is 0.533. The normalized spacial score (nSPS) is 11.9. The third kappa shape index (κ3) is 4.40. The summed E-state index contributed by atoms with van der Waals surface area (Å²) in [5.41, 5.74) is 1.13. The summed E-state index contributed by atoms with van der Waals surface area (Å²) in [6.07, 6.45) is 2.54. The molecule has 3 heteroatoms. The summed E-state index contributed by atoms with van der Waals surface area (Å²) in [7, 11) is 0. The SMILES string of the molecule is CCCCNC(=O)[C@@H](C)Oc1ccccc1CC. The van der Waals surface area contributed by atoms with Crippen molar-refractivity contribution in [1.29, 1.82) is 0 Å². The average molecular weight is 249 g/mol. The van der Waals surface area contributed by atoms with Crippen LogP contribution in [-0.2, 0) is 11.2 Å². The van der Waals surface area contributed by atoms with E-state index in [1.54, 1.807) is 6.92 Å². The molecule has 1 N–H and O–H groups in total. The van der Waals surface area contributed by atoms with Crippen molar-refractivity contribution in [2.45, 2.75) is 46.1 Å². The molecule has 0 saturated carbocycles. The zero-order valence-corrected chi connectivity index (χ0v) is 11.5. The minimum absolute atomic E-state index is 0.0469. The largest absolute Gasteiger partial charge is 0.481 e. The van der Waals surface area contributed by atoms with Crippen molar-refractivity contribution in [2.75, 3.05) is 6.54 Å². The highest BCUT2D eigenvalue weighted by Crippen LogP contribution is 2.19. The van der Waals surface area contributed by atoms with Gasteiger partial charge in [-0.25, -0.2) is 0 Å². The summed E-state index contributed by atoms with van der Waals surface area (Å²) in [6.45, 7) is 6.68. The van der Waals surface area contributed by atoms with Crippen molar-refractivity contribution in [3.05, 3.63) is 29.8 Å². The summed E-state index contributed by atoms with van der Waals surface area (Å²) >= 11 is 0. The highest BCUT2D eigenvalue weighted by Gasteiger charge is 2.14. The predicted molar refractivity (Wildman–Crippen MR) is 73.8 cm³/mol. The predicted octanol–water partition coefficient (Wildman–Crippen LogP) is 2.93. The van der Waals surface area contributed by atoms with Crippen LogP contribution in [0, 0.1) is 0 Å². The molecule has 18 heavy (non-hydrogen) atoms. The molecule has 0 radical (unpaired) electrons. The summed E-state index contributed by atoms with van der Waals surface area (Å²) in [5, 5.41) is 2.88. The molecule has 0 aliphatic carbocycles. The Hall–Kier alpha value is -1.51. The van der Waals surface area contributed by atoms with Crippen molar-refractivity contribution in [3.63, 3.8) is 0 Å². The molecule has 0 aromatic heterocycles. The number of para-hydroxylation sites is 1. The molecule has 0 spiro atoms. The lowest BCUT2D eigenvalue weighted by Gasteiger charge is -2.16. The van der Waals surface area contributed by atoms with Crippen LogP contribution >= 0.6 is 0 Å². The van der Waals surface area contributed by atoms with E-state index in [0.717, 1.165) is 37.1 Å². The quantitative estimate of drug-likeness (QED) is 0.754. The summed E-state index contributed by atoms with van der Waals surface area (Å²) in [4.78, 5) is 11.8. The molecule has 0 aliphatic rings. The Labute approximate surface area is 110 Å². The molecule has 0 bridgehead atoms. The first kappa shape index (κ1) is 14.6. The van der Waals surface area contributed by atoms with Gasteiger partial charge in [0.25, 0.3) is 5.91 Å². The number of unbranched alkanes of at least 4 members (excludes halogenated alkanes) is 1. The van der Waals surface area contributed by atoms with Crippen molar-refractivity contribution < 1.29 is 9.53 Å². The number of rotatable bonds is 7. The molecular weight excluding hydrogens is 226 g/mol. The zero-order chi connectivity index (χ0) is 13.4. The molecule has 1 aromatic carbocycles. The van der Waals surface area contributed by atoms with Gasteiger partial charge in [0.15, 0.2) is 6.10 Å². The number of carbonyl (C=O) groups is 1. The molecular formula is C15H23NO2. The van der Waals surface area contributed by atoms with Gasteiger partial charge in [0.1, 0.15) is 5.75 Å². The maximum Gasteiger partial charge on any atom is 0.260 e. The van der Waals surface area contributed by atoms with Crippen LogP contribution in [0.1, 0.15) is 39.2 Å². The van der Waals surface area contributed by atoms with Crippen molar-refractivity contribution in [3.8, 4) is 5.75 Å². The molecule has 0 fully saturated rings. The Morgan fingerprint density at radius 1 is 1.33 bits per heavy atom. The first-order valence-electron chi connectivity index (χ1n) is 6.71. The number of benzene rings is 1. The lowest BCUT2D eigenvalue weighted by molar-refractivity contribution is -0.127. The third-order valence-corrected chi connectivity index (χ3v) is 2.86. The Balaban J connectivity index is 2.52. The van der Waals surface area contributed by atoms with Crippen molar-refractivity contribution >= 4 is 5.91 Å². The molecule has 100 valence electrons. The van der Waals surface area contributed by atoms with Crippen LogP contribution in [0.5, 0.6) is 5.75 Å². The van der Waals surface area contributed by atoms with Gasteiger partial charge in [0.2, 0.25) is 0 Å². The number of carbonyl (C=O) groups excluding carboxylic acids is 1. The number of aryl methyl sites for hydroxylation is 1. The maximum absolute atomic E-state index is 11.8. The third-order valence-electron chi connectivity index (χ3n) is 2.86.